The number of hydrogen-bond donors (Lipinski definition) is 1. The molecule has 172 valence electrons. The van der Waals surface area contributed by atoms with Crippen LogP contribution in [0.2, 0.25) is 5.02 Å². The number of carboxylic acid groups (broad SMARTS) is 1. The number of aromatic nitrogens is 3. The number of fused-ring (bicyclic) bond motifs is 1. The van der Waals surface area contributed by atoms with Gasteiger partial charge in [0.05, 0.1) is 17.4 Å². The summed E-state index contributed by atoms with van der Waals surface area (Å²) in [5, 5.41) is 15.7. The van der Waals surface area contributed by atoms with Gasteiger partial charge in [0.2, 0.25) is 5.91 Å². The number of piperazine rings is 1. The number of anilines is 1. The van der Waals surface area contributed by atoms with E-state index in [2.05, 4.69) is 9.88 Å². The van der Waals surface area contributed by atoms with Crippen molar-refractivity contribution >= 4 is 40.3 Å². The second kappa shape index (κ2) is 8.90. The van der Waals surface area contributed by atoms with Crippen molar-refractivity contribution in [2.75, 3.05) is 44.2 Å². The van der Waals surface area contributed by atoms with Crippen molar-refractivity contribution in [3.8, 4) is 5.69 Å². The van der Waals surface area contributed by atoms with E-state index in [-0.39, 0.29) is 11.8 Å². The van der Waals surface area contributed by atoms with Gasteiger partial charge in [-0.3, -0.25) is 9.78 Å². The van der Waals surface area contributed by atoms with Crippen molar-refractivity contribution in [2.24, 2.45) is 5.92 Å². The summed E-state index contributed by atoms with van der Waals surface area (Å²) in [6.07, 6.45) is 4.16. The van der Waals surface area contributed by atoms with Crippen molar-refractivity contribution in [1.29, 1.82) is 0 Å². The molecule has 10 heteroatoms. The van der Waals surface area contributed by atoms with Crippen LogP contribution in [0.3, 0.4) is 0 Å². The molecule has 33 heavy (non-hydrogen) atoms. The summed E-state index contributed by atoms with van der Waals surface area (Å²) in [6, 6.07) is 9.52. The number of piperidine rings is 1. The Morgan fingerprint density at radius 2 is 1.61 bits per heavy atom. The highest BCUT2D eigenvalue weighted by Gasteiger charge is 2.32. The molecule has 0 saturated carbocycles. The van der Waals surface area contributed by atoms with Crippen LogP contribution in [0.4, 0.5) is 10.6 Å². The zero-order chi connectivity index (χ0) is 22.9. The molecule has 0 aliphatic carbocycles. The Bertz CT molecular complexity index is 1160. The van der Waals surface area contributed by atoms with E-state index in [9.17, 15) is 9.59 Å². The Hall–Kier alpha value is -3.33. The molecule has 2 aromatic heterocycles. The molecule has 4 heterocycles. The Morgan fingerprint density at radius 3 is 2.27 bits per heavy atom. The van der Waals surface area contributed by atoms with E-state index in [1.807, 2.05) is 46.1 Å². The van der Waals surface area contributed by atoms with Crippen molar-refractivity contribution < 1.29 is 14.7 Å². The quantitative estimate of drug-likeness (QED) is 0.634. The predicted octanol–water partition coefficient (Wildman–Crippen LogP) is 3.11. The fourth-order valence-electron chi connectivity index (χ4n) is 4.67. The third kappa shape index (κ3) is 4.20. The third-order valence-electron chi connectivity index (χ3n) is 6.54. The maximum Gasteiger partial charge on any atom is 0.407 e. The maximum absolute atomic E-state index is 13.0. The third-order valence-corrected chi connectivity index (χ3v) is 6.79. The second-order valence-electron chi connectivity index (χ2n) is 8.46. The number of halogens is 1. The topological polar surface area (TPSA) is 94.8 Å². The molecule has 1 aromatic carbocycles. The minimum Gasteiger partial charge on any atom is -0.465 e. The van der Waals surface area contributed by atoms with Crippen molar-refractivity contribution in [3.63, 3.8) is 0 Å². The lowest BCUT2D eigenvalue weighted by Crippen LogP contribution is -2.52. The van der Waals surface area contributed by atoms with Crippen LogP contribution < -0.4 is 4.90 Å². The first-order chi connectivity index (χ1) is 16.0. The summed E-state index contributed by atoms with van der Waals surface area (Å²) in [5.41, 5.74) is 1.83. The first-order valence-corrected chi connectivity index (χ1v) is 11.5. The zero-order valence-electron chi connectivity index (χ0n) is 18.1. The van der Waals surface area contributed by atoms with Gasteiger partial charge < -0.3 is 19.8 Å². The molecule has 2 amide bonds. The lowest BCUT2D eigenvalue weighted by Gasteiger charge is -2.37. The summed E-state index contributed by atoms with van der Waals surface area (Å²) in [5.74, 6) is 0.993. The van der Waals surface area contributed by atoms with Crippen molar-refractivity contribution in [3.05, 3.63) is 47.7 Å². The summed E-state index contributed by atoms with van der Waals surface area (Å²) in [7, 11) is 0. The first kappa shape index (κ1) is 21.5. The average Bonchev–Trinajstić information content (AvgIpc) is 3.24. The monoisotopic (exact) mass is 468 g/mol. The summed E-state index contributed by atoms with van der Waals surface area (Å²) < 4.78 is 1.88. The Balaban J connectivity index is 1.29. The molecular weight excluding hydrogens is 444 g/mol. The Morgan fingerprint density at radius 1 is 0.939 bits per heavy atom. The number of carbonyl (C=O) groups is 2. The van der Waals surface area contributed by atoms with E-state index >= 15 is 0 Å². The molecule has 0 bridgehead atoms. The van der Waals surface area contributed by atoms with E-state index in [1.165, 1.54) is 4.90 Å². The smallest absolute Gasteiger partial charge is 0.407 e. The van der Waals surface area contributed by atoms with Crippen LogP contribution in [0, 0.1) is 5.92 Å². The highest BCUT2D eigenvalue weighted by molar-refractivity contribution is 6.30. The normalized spacial score (nSPS) is 17.5. The molecule has 9 nitrogen and oxygen atoms in total. The molecule has 3 aromatic rings. The number of carbonyl (C=O) groups excluding carboxylic acids is 1. The van der Waals surface area contributed by atoms with Crippen LogP contribution in [0.1, 0.15) is 12.8 Å². The molecule has 0 radical (unpaired) electrons. The number of pyridine rings is 1. The first-order valence-electron chi connectivity index (χ1n) is 11.1. The largest absolute Gasteiger partial charge is 0.465 e. The molecule has 0 spiro atoms. The maximum atomic E-state index is 13.0. The van der Waals surface area contributed by atoms with E-state index in [0.717, 1.165) is 48.3 Å². The van der Waals surface area contributed by atoms with E-state index in [4.69, 9.17) is 21.8 Å². The van der Waals surface area contributed by atoms with Gasteiger partial charge in [-0.25, -0.2) is 9.48 Å². The van der Waals surface area contributed by atoms with Crippen LogP contribution in [-0.4, -0.2) is 80.9 Å². The van der Waals surface area contributed by atoms with Crippen LogP contribution in [0.5, 0.6) is 0 Å². The van der Waals surface area contributed by atoms with E-state index in [0.29, 0.717) is 31.2 Å². The number of hydrogen-bond acceptors (Lipinski definition) is 5. The van der Waals surface area contributed by atoms with Crippen molar-refractivity contribution in [2.45, 2.75) is 12.8 Å². The fraction of sp³-hybridized carbons (Fsp3) is 0.391. The van der Waals surface area contributed by atoms with E-state index < -0.39 is 6.09 Å². The molecule has 5 rings (SSSR count). The van der Waals surface area contributed by atoms with Crippen molar-refractivity contribution in [1.82, 2.24) is 24.6 Å². The number of nitrogens with zero attached hydrogens (tertiary/aromatic N) is 6. The highest BCUT2D eigenvalue weighted by atomic mass is 35.5. The van der Waals surface area contributed by atoms with Gasteiger partial charge in [-0.05, 0) is 43.2 Å². The van der Waals surface area contributed by atoms with Crippen LogP contribution in [0.15, 0.2) is 42.7 Å². The molecule has 2 fully saturated rings. The summed E-state index contributed by atoms with van der Waals surface area (Å²) >= 11 is 6.05. The van der Waals surface area contributed by atoms with Gasteiger partial charge in [0.25, 0.3) is 0 Å². The standard InChI is InChI=1S/C23H25ClN6O3/c24-17-1-3-18(4-2-17)30-20-15-25-8-5-19(20)21(26-30)27-9-6-16(7-10-27)22(31)28-11-13-29(14-12-28)23(32)33/h1-5,8,15-16H,6-7,9-14H2,(H,32,33). The van der Waals surface area contributed by atoms with E-state index in [1.54, 1.807) is 6.20 Å². The van der Waals surface area contributed by atoms with Gasteiger partial charge in [-0.15, -0.1) is 5.10 Å². The molecule has 2 saturated heterocycles. The lowest BCUT2D eigenvalue weighted by atomic mass is 9.95. The lowest BCUT2D eigenvalue weighted by molar-refractivity contribution is -0.137. The molecule has 1 N–H and O–H groups in total. The van der Waals surface area contributed by atoms with Gasteiger partial charge >= 0.3 is 6.09 Å². The molecule has 0 atom stereocenters. The summed E-state index contributed by atoms with van der Waals surface area (Å²) in [4.78, 5) is 33.8. The van der Waals surface area contributed by atoms with Gasteiger partial charge in [0.15, 0.2) is 5.82 Å². The number of amides is 2. The van der Waals surface area contributed by atoms with Crippen LogP contribution in [-0.2, 0) is 4.79 Å². The minimum absolute atomic E-state index is 0.0380. The Kier molecular flexibility index (Phi) is 5.80. The van der Waals surface area contributed by atoms with Gasteiger partial charge in [-0.1, -0.05) is 11.6 Å². The van der Waals surface area contributed by atoms with Gasteiger partial charge in [0.1, 0.15) is 0 Å². The number of benzene rings is 1. The minimum atomic E-state index is -0.920. The fourth-order valence-corrected chi connectivity index (χ4v) is 4.80. The molecule has 2 aliphatic rings. The van der Waals surface area contributed by atoms with Crippen LogP contribution in [0.25, 0.3) is 16.6 Å². The molecule has 0 unspecified atom stereocenters. The van der Waals surface area contributed by atoms with Gasteiger partial charge in [-0.2, -0.15) is 0 Å². The molecular formula is C23H25ClN6O3. The Labute approximate surface area is 196 Å². The highest BCUT2D eigenvalue weighted by Crippen LogP contribution is 2.31. The average molecular weight is 469 g/mol. The van der Waals surface area contributed by atoms with Crippen LogP contribution >= 0.6 is 11.6 Å². The summed E-state index contributed by atoms with van der Waals surface area (Å²) in [6.45, 7) is 3.16. The number of rotatable bonds is 3. The predicted molar refractivity (Wildman–Crippen MR) is 125 cm³/mol. The zero-order valence-corrected chi connectivity index (χ0v) is 18.9. The molecule has 2 aliphatic heterocycles. The second-order valence-corrected chi connectivity index (χ2v) is 8.90. The van der Waals surface area contributed by atoms with Gasteiger partial charge in [0, 0.05) is 61.8 Å². The SMILES string of the molecule is O=C(O)N1CCN(C(=O)C2CCN(c3nn(-c4ccc(Cl)cc4)c4cnccc34)CC2)CC1.